The molecule has 0 saturated heterocycles. The zero-order chi connectivity index (χ0) is 7.56. The molecule has 0 aromatic rings. The maximum Gasteiger partial charge on any atom is 0.0610 e. The summed E-state index contributed by atoms with van der Waals surface area (Å²) < 4.78 is 5.44. The van der Waals surface area contributed by atoms with Gasteiger partial charge in [0.2, 0.25) is 0 Å². The Morgan fingerprint density at radius 3 is 2.70 bits per heavy atom. The second-order valence-electron chi connectivity index (χ2n) is 3.24. The SMILES string of the molecule is CC(C)C1CC1OCCCl. The summed E-state index contributed by atoms with van der Waals surface area (Å²) in [7, 11) is 0. The molecule has 2 atom stereocenters. The highest BCUT2D eigenvalue weighted by Crippen LogP contribution is 2.39. The van der Waals surface area contributed by atoms with Crippen LogP contribution in [-0.4, -0.2) is 18.6 Å². The van der Waals surface area contributed by atoms with Crippen LogP contribution in [-0.2, 0) is 4.74 Å². The van der Waals surface area contributed by atoms with Crippen LogP contribution in [0.3, 0.4) is 0 Å². The molecule has 0 bridgehead atoms. The number of hydrogen-bond donors (Lipinski definition) is 0. The fraction of sp³-hybridized carbons (Fsp3) is 1.00. The van der Waals surface area contributed by atoms with Crippen molar-refractivity contribution >= 4 is 11.6 Å². The Labute approximate surface area is 67.7 Å². The van der Waals surface area contributed by atoms with Crippen molar-refractivity contribution in [3.63, 3.8) is 0 Å². The lowest BCUT2D eigenvalue weighted by Crippen LogP contribution is -2.03. The van der Waals surface area contributed by atoms with Gasteiger partial charge in [-0.2, -0.15) is 0 Å². The van der Waals surface area contributed by atoms with Gasteiger partial charge >= 0.3 is 0 Å². The van der Waals surface area contributed by atoms with Crippen LogP contribution >= 0.6 is 11.6 Å². The third kappa shape index (κ3) is 2.14. The second-order valence-corrected chi connectivity index (χ2v) is 3.62. The highest BCUT2D eigenvalue weighted by atomic mass is 35.5. The summed E-state index contributed by atoms with van der Waals surface area (Å²) >= 11 is 5.48. The van der Waals surface area contributed by atoms with Gasteiger partial charge in [0.05, 0.1) is 12.7 Å². The fourth-order valence-corrected chi connectivity index (χ4v) is 1.37. The molecule has 1 aliphatic rings. The molecule has 10 heavy (non-hydrogen) atoms. The van der Waals surface area contributed by atoms with Crippen LogP contribution in [0.2, 0.25) is 0 Å². The Hall–Kier alpha value is 0.250. The molecule has 60 valence electrons. The average molecular weight is 163 g/mol. The zero-order valence-corrected chi connectivity index (χ0v) is 7.40. The number of ether oxygens (including phenoxy) is 1. The monoisotopic (exact) mass is 162 g/mol. The van der Waals surface area contributed by atoms with Gasteiger partial charge in [-0.25, -0.2) is 0 Å². The van der Waals surface area contributed by atoms with Crippen molar-refractivity contribution in [1.29, 1.82) is 0 Å². The van der Waals surface area contributed by atoms with Gasteiger partial charge in [-0.15, -0.1) is 11.6 Å². The van der Waals surface area contributed by atoms with Gasteiger partial charge < -0.3 is 4.74 Å². The van der Waals surface area contributed by atoms with E-state index < -0.39 is 0 Å². The molecule has 1 rings (SSSR count). The van der Waals surface area contributed by atoms with Crippen LogP contribution in [0, 0.1) is 11.8 Å². The number of rotatable bonds is 4. The Balaban J connectivity index is 2.02. The fourth-order valence-electron chi connectivity index (χ4n) is 1.28. The van der Waals surface area contributed by atoms with Crippen molar-refractivity contribution < 1.29 is 4.74 Å². The summed E-state index contributed by atoms with van der Waals surface area (Å²) in [5.41, 5.74) is 0. The van der Waals surface area contributed by atoms with Crippen LogP contribution in [0.5, 0.6) is 0 Å². The van der Waals surface area contributed by atoms with Crippen LogP contribution in [0.15, 0.2) is 0 Å². The molecule has 1 aliphatic carbocycles. The van der Waals surface area contributed by atoms with Crippen LogP contribution in [0.4, 0.5) is 0 Å². The number of alkyl halides is 1. The Kier molecular flexibility index (Phi) is 2.99. The zero-order valence-electron chi connectivity index (χ0n) is 6.64. The van der Waals surface area contributed by atoms with E-state index in [4.69, 9.17) is 16.3 Å². The third-order valence-corrected chi connectivity index (χ3v) is 2.20. The lowest BCUT2D eigenvalue weighted by atomic mass is 10.1. The quantitative estimate of drug-likeness (QED) is 0.577. The molecule has 2 heteroatoms. The lowest BCUT2D eigenvalue weighted by molar-refractivity contribution is 0.117. The normalized spacial score (nSPS) is 31.2. The van der Waals surface area contributed by atoms with Gasteiger partial charge in [-0.3, -0.25) is 0 Å². The molecule has 1 saturated carbocycles. The van der Waals surface area contributed by atoms with E-state index in [2.05, 4.69) is 13.8 Å². The first-order valence-electron chi connectivity index (χ1n) is 3.93. The van der Waals surface area contributed by atoms with Crippen molar-refractivity contribution in [2.75, 3.05) is 12.5 Å². The maximum absolute atomic E-state index is 5.48. The molecular formula is C8H15ClO. The standard InChI is InChI=1S/C8H15ClO/c1-6(2)7-5-8(7)10-4-3-9/h6-8H,3-5H2,1-2H3. The molecular weight excluding hydrogens is 148 g/mol. The van der Waals surface area contributed by atoms with Crippen LogP contribution in [0.1, 0.15) is 20.3 Å². The summed E-state index contributed by atoms with van der Waals surface area (Å²) in [6, 6.07) is 0. The molecule has 1 nitrogen and oxygen atoms in total. The van der Waals surface area contributed by atoms with Crippen LogP contribution in [0.25, 0.3) is 0 Å². The van der Waals surface area contributed by atoms with Gasteiger partial charge in [0, 0.05) is 5.88 Å². The third-order valence-electron chi connectivity index (χ3n) is 2.04. The van der Waals surface area contributed by atoms with E-state index in [1.165, 1.54) is 6.42 Å². The smallest absolute Gasteiger partial charge is 0.0610 e. The van der Waals surface area contributed by atoms with Gasteiger partial charge in [0.25, 0.3) is 0 Å². The van der Waals surface area contributed by atoms with E-state index in [1.807, 2.05) is 0 Å². The van der Waals surface area contributed by atoms with E-state index in [0.29, 0.717) is 12.0 Å². The van der Waals surface area contributed by atoms with E-state index in [0.717, 1.165) is 18.4 Å². The van der Waals surface area contributed by atoms with Crippen molar-refractivity contribution in [3.05, 3.63) is 0 Å². The molecule has 2 unspecified atom stereocenters. The minimum atomic E-state index is 0.527. The first-order valence-corrected chi connectivity index (χ1v) is 4.46. The Morgan fingerprint density at radius 2 is 2.30 bits per heavy atom. The number of halogens is 1. The summed E-state index contributed by atoms with van der Waals surface area (Å²) in [5, 5.41) is 0. The van der Waals surface area contributed by atoms with Crippen molar-refractivity contribution in [2.45, 2.75) is 26.4 Å². The van der Waals surface area contributed by atoms with Crippen molar-refractivity contribution in [2.24, 2.45) is 11.8 Å². The molecule has 0 amide bonds. The van der Waals surface area contributed by atoms with E-state index in [9.17, 15) is 0 Å². The minimum Gasteiger partial charge on any atom is -0.377 e. The lowest BCUT2D eigenvalue weighted by Gasteiger charge is -2.02. The van der Waals surface area contributed by atoms with Gasteiger partial charge in [-0.1, -0.05) is 13.8 Å². The molecule has 0 spiro atoms. The highest BCUT2D eigenvalue weighted by Gasteiger charge is 2.39. The second kappa shape index (κ2) is 3.59. The van der Waals surface area contributed by atoms with Gasteiger partial charge in [0.15, 0.2) is 0 Å². The van der Waals surface area contributed by atoms with Crippen molar-refractivity contribution in [1.82, 2.24) is 0 Å². The largest absolute Gasteiger partial charge is 0.377 e. The highest BCUT2D eigenvalue weighted by molar-refractivity contribution is 6.17. The number of hydrogen-bond acceptors (Lipinski definition) is 1. The molecule has 0 aromatic heterocycles. The summed E-state index contributed by atoms with van der Waals surface area (Å²) in [6.45, 7) is 5.21. The van der Waals surface area contributed by atoms with Crippen LogP contribution < -0.4 is 0 Å². The molecule has 1 fully saturated rings. The topological polar surface area (TPSA) is 9.23 Å². The first kappa shape index (κ1) is 8.35. The maximum atomic E-state index is 5.48. The summed E-state index contributed by atoms with van der Waals surface area (Å²) in [6.07, 6.45) is 1.77. The van der Waals surface area contributed by atoms with E-state index in [-0.39, 0.29) is 0 Å². The molecule has 0 aliphatic heterocycles. The molecule has 0 N–H and O–H groups in total. The summed E-state index contributed by atoms with van der Waals surface area (Å²) in [5.74, 6) is 2.21. The Bertz CT molecular complexity index is 103. The van der Waals surface area contributed by atoms with Gasteiger partial charge in [-0.05, 0) is 18.3 Å². The minimum absolute atomic E-state index is 0.527. The average Bonchev–Trinajstić information content (AvgIpc) is 2.62. The van der Waals surface area contributed by atoms with Crippen molar-refractivity contribution in [3.8, 4) is 0 Å². The predicted molar refractivity (Wildman–Crippen MR) is 43.4 cm³/mol. The molecule has 0 heterocycles. The molecule has 0 radical (unpaired) electrons. The predicted octanol–water partition coefficient (Wildman–Crippen LogP) is 2.29. The molecule has 0 aromatic carbocycles. The Morgan fingerprint density at radius 1 is 1.60 bits per heavy atom. The first-order chi connectivity index (χ1) is 4.75. The van der Waals surface area contributed by atoms with E-state index >= 15 is 0 Å². The van der Waals surface area contributed by atoms with E-state index in [1.54, 1.807) is 0 Å². The van der Waals surface area contributed by atoms with Gasteiger partial charge in [0.1, 0.15) is 0 Å². The summed E-state index contributed by atoms with van der Waals surface area (Å²) in [4.78, 5) is 0.